The molecule has 3 aromatic rings. The first-order chi connectivity index (χ1) is 12.4. The molecule has 1 amide bonds. The third-order valence-corrected chi connectivity index (χ3v) is 4.70. The van der Waals surface area contributed by atoms with Crippen LogP contribution in [0.5, 0.6) is 0 Å². The van der Waals surface area contributed by atoms with E-state index in [0.29, 0.717) is 38.6 Å². The number of halogens is 2. The van der Waals surface area contributed by atoms with Gasteiger partial charge in [-0.2, -0.15) is 5.10 Å². The topological polar surface area (TPSA) is 93.4 Å². The number of aromatic amines is 1. The number of para-hydroxylation sites is 1. The average molecular weight is 412 g/mol. The highest BCUT2D eigenvalue weighted by Gasteiger charge is 2.20. The maximum atomic E-state index is 12.4. The van der Waals surface area contributed by atoms with Crippen molar-refractivity contribution in [2.45, 2.75) is 19.9 Å². The van der Waals surface area contributed by atoms with Crippen molar-refractivity contribution in [2.75, 3.05) is 0 Å². The van der Waals surface area contributed by atoms with E-state index >= 15 is 0 Å². The van der Waals surface area contributed by atoms with Crippen molar-refractivity contribution in [3.8, 4) is 5.69 Å². The fourth-order valence-electron chi connectivity index (χ4n) is 2.32. The third-order valence-electron chi connectivity index (χ3n) is 3.72. The van der Waals surface area contributed by atoms with Crippen LogP contribution >= 0.6 is 35.4 Å². The van der Waals surface area contributed by atoms with Crippen LogP contribution in [0.4, 0.5) is 0 Å². The molecule has 8 nitrogen and oxygen atoms in total. The van der Waals surface area contributed by atoms with Crippen molar-refractivity contribution >= 4 is 41.3 Å². The van der Waals surface area contributed by atoms with Gasteiger partial charge in [-0.05, 0) is 24.4 Å². The number of rotatable bonds is 5. The monoisotopic (exact) mass is 411 g/mol. The van der Waals surface area contributed by atoms with Gasteiger partial charge in [-0.15, -0.1) is 5.10 Å². The second-order valence-corrected chi connectivity index (χ2v) is 6.58. The van der Waals surface area contributed by atoms with Crippen LogP contribution in [0.1, 0.15) is 29.2 Å². The first-order valence-electron chi connectivity index (χ1n) is 7.71. The molecule has 2 aromatic heterocycles. The molecule has 0 aliphatic carbocycles. The Morgan fingerprint density at radius 3 is 2.58 bits per heavy atom. The minimum Gasteiger partial charge on any atom is -0.342 e. The molecule has 136 valence electrons. The quantitative estimate of drug-likeness (QED) is 0.629. The Morgan fingerprint density at radius 2 is 2.00 bits per heavy atom. The molecule has 0 unspecified atom stereocenters. The molecule has 0 saturated carbocycles. The minimum absolute atomic E-state index is 0.0228. The second-order valence-electron chi connectivity index (χ2n) is 5.37. The normalized spacial score (nSPS) is 10.9. The van der Waals surface area contributed by atoms with Crippen LogP contribution < -0.4 is 5.32 Å². The van der Waals surface area contributed by atoms with Gasteiger partial charge in [-0.3, -0.25) is 9.89 Å². The molecule has 2 N–H and O–H groups in total. The molecule has 11 heteroatoms. The van der Waals surface area contributed by atoms with Crippen LogP contribution in [0, 0.1) is 4.77 Å². The fourth-order valence-corrected chi connectivity index (χ4v) is 3.02. The molecule has 0 atom stereocenters. The van der Waals surface area contributed by atoms with E-state index in [1.807, 2.05) is 6.92 Å². The minimum atomic E-state index is -0.435. The summed E-state index contributed by atoms with van der Waals surface area (Å²) in [6.45, 7) is 2.09. The number of hydrogen-bond acceptors (Lipinski definition) is 5. The molecule has 3 rings (SSSR count). The van der Waals surface area contributed by atoms with Crippen LogP contribution in [-0.4, -0.2) is 35.4 Å². The lowest BCUT2D eigenvalue weighted by Gasteiger charge is -2.08. The Hall–Kier alpha value is -2.23. The summed E-state index contributed by atoms with van der Waals surface area (Å²) in [5.74, 6) is 0.751. The lowest BCUT2D eigenvalue weighted by atomic mass is 10.3. The van der Waals surface area contributed by atoms with Crippen LogP contribution in [0.2, 0.25) is 10.0 Å². The van der Waals surface area contributed by atoms with Gasteiger partial charge >= 0.3 is 0 Å². The molecule has 1 aromatic carbocycles. The summed E-state index contributed by atoms with van der Waals surface area (Å²) in [4.78, 5) is 16.7. The number of carbonyl (C=O) groups excluding carboxylic acids is 1. The summed E-state index contributed by atoms with van der Waals surface area (Å²) in [5.41, 5.74) is 0.494. The Morgan fingerprint density at radius 1 is 1.31 bits per heavy atom. The van der Waals surface area contributed by atoms with Gasteiger partial charge in [0, 0.05) is 13.5 Å². The highest BCUT2D eigenvalue weighted by molar-refractivity contribution is 7.71. The van der Waals surface area contributed by atoms with E-state index in [4.69, 9.17) is 35.4 Å². The molecular formula is C15H15Cl2N7OS. The number of nitrogens with one attached hydrogen (secondary N) is 2. The Labute approximate surface area is 164 Å². The van der Waals surface area contributed by atoms with Crippen molar-refractivity contribution in [1.29, 1.82) is 0 Å². The van der Waals surface area contributed by atoms with Gasteiger partial charge in [0.25, 0.3) is 5.91 Å². The fraction of sp³-hybridized carbons (Fsp3) is 0.267. The molecular weight excluding hydrogens is 397 g/mol. The van der Waals surface area contributed by atoms with E-state index in [-0.39, 0.29) is 12.4 Å². The first kappa shape index (κ1) is 18.6. The summed E-state index contributed by atoms with van der Waals surface area (Å²) in [6.07, 6.45) is 0.551. The van der Waals surface area contributed by atoms with Gasteiger partial charge in [0.05, 0.1) is 16.6 Å². The average Bonchev–Trinajstić information content (AvgIpc) is 3.17. The standard InChI is InChI=1S/C15H15Cl2N7OS/c1-3-10-19-13(14(25)18-7-11-20-21-15(26)23(11)2)22-24(10)12-8(16)5-4-6-9(12)17/h4-6H,3,7H2,1-2H3,(H,18,25)(H,21,26). The number of nitrogens with zero attached hydrogens (tertiary/aromatic N) is 5. The number of aromatic nitrogens is 6. The van der Waals surface area contributed by atoms with Crippen LogP contribution in [0.15, 0.2) is 18.2 Å². The lowest BCUT2D eigenvalue weighted by Crippen LogP contribution is -2.25. The summed E-state index contributed by atoms with van der Waals surface area (Å²) < 4.78 is 3.64. The summed E-state index contributed by atoms with van der Waals surface area (Å²) in [5, 5.41) is 14.5. The number of carbonyl (C=O) groups is 1. The van der Waals surface area contributed by atoms with Crippen LogP contribution in [0.25, 0.3) is 5.69 Å². The van der Waals surface area contributed by atoms with E-state index in [9.17, 15) is 4.79 Å². The van der Waals surface area contributed by atoms with Crippen LogP contribution in [-0.2, 0) is 20.0 Å². The van der Waals surface area contributed by atoms with E-state index in [1.54, 1.807) is 29.8 Å². The van der Waals surface area contributed by atoms with Crippen LogP contribution in [0.3, 0.4) is 0 Å². The number of benzene rings is 1. The zero-order valence-corrected chi connectivity index (χ0v) is 16.3. The van der Waals surface area contributed by atoms with E-state index < -0.39 is 5.91 Å². The van der Waals surface area contributed by atoms with Crippen molar-refractivity contribution in [2.24, 2.45) is 7.05 Å². The van der Waals surface area contributed by atoms with Crippen molar-refractivity contribution < 1.29 is 4.79 Å². The summed E-state index contributed by atoms with van der Waals surface area (Å²) in [6, 6.07) is 5.14. The zero-order valence-electron chi connectivity index (χ0n) is 14.0. The predicted molar refractivity (Wildman–Crippen MR) is 100 cm³/mol. The number of hydrogen-bond donors (Lipinski definition) is 2. The molecule has 26 heavy (non-hydrogen) atoms. The van der Waals surface area contributed by atoms with Crippen molar-refractivity contribution in [3.63, 3.8) is 0 Å². The molecule has 0 radical (unpaired) electrons. The Bertz CT molecular complexity index is 1000. The van der Waals surface area contributed by atoms with E-state index in [2.05, 4.69) is 25.6 Å². The maximum Gasteiger partial charge on any atom is 0.291 e. The van der Waals surface area contributed by atoms with Gasteiger partial charge in [0.2, 0.25) is 5.82 Å². The van der Waals surface area contributed by atoms with Gasteiger partial charge in [-0.25, -0.2) is 9.67 Å². The molecule has 0 aliphatic rings. The lowest BCUT2D eigenvalue weighted by molar-refractivity contribution is 0.0939. The highest BCUT2D eigenvalue weighted by Crippen LogP contribution is 2.28. The second kappa shape index (κ2) is 7.56. The molecule has 0 saturated heterocycles. The molecule has 2 heterocycles. The molecule has 0 spiro atoms. The SMILES string of the molecule is CCc1nc(C(=O)NCc2n[nH]c(=S)n2C)nn1-c1c(Cl)cccc1Cl. The zero-order chi connectivity index (χ0) is 18.8. The third kappa shape index (κ3) is 3.50. The molecule has 0 fully saturated rings. The first-order valence-corrected chi connectivity index (χ1v) is 8.87. The molecule has 0 aliphatic heterocycles. The number of H-pyrrole nitrogens is 1. The van der Waals surface area contributed by atoms with E-state index in [0.717, 1.165) is 0 Å². The van der Waals surface area contributed by atoms with Gasteiger partial charge in [0.1, 0.15) is 11.5 Å². The highest BCUT2D eigenvalue weighted by atomic mass is 35.5. The number of amides is 1. The van der Waals surface area contributed by atoms with E-state index in [1.165, 1.54) is 4.68 Å². The smallest absolute Gasteiger partial charge is 0.291 e. The Balaban J connectivity index is 1.87. The van der Waals surface area contributed by atoms with Gasteiger partial charge < -0.3 is 9.88 Å². The van der Waals surface area contributed by atoms with Gasteiger partial charge in [0.15, 0.2) is 10.6 Å². The number of aryl methyl sites for hydroxylation is 1. The predicted octanol–water partition coefficient (Wildman–Crippen LogP) is 2.86. The summed E-state index contributed by atoms with van der Waals surface area (Å²) >= 11 is 17.5. The Kier molecular flexibility index (Phi) is 5.40. The summed E-state index contributed by atoms with van der Waals surface area (Å²) in [7, 11) is 1.76. The van der Waals surface area contributed by atoms with Crippen molar-refractivity contribution in [1.82, 2.24) is 34.8 Å². The molecule has 0 bridgehead atoms. The van der Waals surface area contributed by atoms with Crippen molar-refractivity contribution in [3.05, 3.63) is 50.5 Å². The largest absolute Gasteiger partial charge is 0.342 e. The van der Waals surface area contributed by atoms with Gasteiger partial charge in [-0.1, -0.05) is 36.2 Å². The maximum absolute atomic E-state index is 12.4.